The van der Waals surface area contributed by atoms with Crippen LogP contribution < -0.4 is 14.4 Å². The molecule has 2 amide bonds. The third kappa shape index (κ3) is 8.38. The molecule has 0 radical (unpaired) electrons. The number of nitrogens with one attached hydrogen (secondary N) is 1. The molecule has 3 aromatic rings. The fourth-order valence-corrected chi connectivity index (χ4v) is 5.74. The second kappa shape index (κ2) is 14.1. The molecule has 11 heteroatoms. The molecule has 0 saturated carbocycles. The van der Waals surface area contributed by atoms with E-state index >= 15 is 0 Å². The summed E-state index contributed by atoms with van der Waals surface area (Å²) in [7, 11) is -2.86. The molecule has 3 rings (SSSR count). The predicted molar refractivity (Wildman–Crippen MR) is 163 cm³/mol. The first-order chi connectivity index (χ1) is 19.3. The molecule has 1 N–H and O–H groups in total. The van der Waals surface area contributed by atoms with E-state index in [0.717, 1.165) is 15.4 Å². The average molecular weight is 621 g/mol. The summed E-state index contributed by atoms with van der Waals surface area (Å²) in [4.78, 5) is 28.5. The number of halogens is 2. The van der Waals surface area contributed by atoms with Crippen LogP contribution in [0.1, 0.15) is 31.9 Å². The zero-order valence-corrected chi connectivity index (χ0v) is 26.1. The largest absolute Gasteiger partial charge is 0.495 e. The molecule has 0 saturated heterocycles. The highest BCUT2D eigenvalue weighted by Gasteiger charge is 2.34. The fraction of sp³-hybridized carbons (Fsp3) is 0.333. The number of ether oxygens (including phenoxy) is 1. The summed E-state index contributed by atoms with van der Waals surface area (Å²) in [5, 5.41) is 3.65. The van der Waals surface area contributed by atoms with Crippen molar-refractivity contribution >= 4 is 50.7 Å². The van der Waals surface area contributed by atoms with E-state index < -0.39 is 28.5 Å². The van der Waals surface area contributed by atoms with Crippen LogP contribution in [0.2, 0.25) is 10.0 Å². The van der Waals surface area contributed by atoms with Gasteiger partial charge in [0.2, 0.25) is 11.8 Å². The Labute approximate surface area is 252 Å². The number of carbonyl (C=O) groups excluding carboxylic acids is 2. The fourth-order valence-electron chi connectivity index (χ4n) is 4.03. The number of benzene rings is 3. The van der Waals surface area contributed by atoms with Gasteiger partial charge in [-0.05, 0) is 67.8 Å². The zero-order chi connectivity index (χ0) is 30.3. The molecule has 0 spiro atoms. The van der Waals surface area contributed by atoms with Crippen LogP contribution in [0.3, 0.4) is 0 Å². The number of anilines is 1. The van der Waals surface area contributed by atoms with Crippen molar-refractivity contribution in [1.29, 1.82) is 0 Å². The Hall–Kier alpha value is -3.27. The molecular formula is C30H35Cl2N3O5S. The molecule has 1 atom stereocenters. The molecule has 0 aliphatic carbocycles. The Morgan fingerprint density at radius 3 is 2.12 bits per heavy atom. The maximum absolute atomic E-state index is 14.0. The summed E-state index contributed by atoms with van der Waals surface area (Å²) in [5.74, 6) is -0.527. The molecule has 8 nitrogen and oxygen atoms in total. The number of sulfonamides is 1. The third-order valence-electron chi connectivity index (χ3n) is 6.42. The van der Waals surface area contributed by atoms with Crippen molar-refractivity contribution in [3.8, 4) is 5.75 Å². The first-order valence-corrected chi connectivity index (χ1v) is 15.3. The van der Waals surface area contributed by atoms with Crippen LogP contribution >= 0.6 is 23.2 Å². The summed E-state index contributed by atoms with van der Waals surface area (Å²) in [6.07, 6.45) is 0. The minimum atomic E-state index is -4.27. The minimum Gasteiger partial charge on any atom is -0.495 e. The van der Waals surface area contributed by atoms with Crippen molar-refractivity contribution in [2.24, 2.45) is 5.92 Å². The van der Waals surface area contributed by atoms with E-state index in [2.05, 4.69) is 5.32 Å². The third-order valence-corrected chi connectivity index (χ3v) is 8.68. The van der Waals surface area contributed by atoms with Gasteiger partial charge in [-0.2, -0.15) is 0 Å². The minimum absolute atomic E-state index is 0.00935. The van der Waals surface area contributed by atoms with E-state index in [1.54, 1.807) is 49.4 Å². The average Bonchev–Trinajstić information content (AvgIpc) is 2.93. The van der Waals surface area contributed by atoms with Crippen LogP contribution in [-0.2, 0) is 26.2 Å². The van der Waals surface area contributed by atoms with Gasteiger partial charge in [0, 0.05) is 23.1 Å². The van der Waals surface area contributed by atoms with Crippen molar-refractivity contribution in [2.45, 2.75) is 45.2 Å². The molecule has 41 heavy (non-hydrogen) atoms. The van der Waals surface area contributed by atoms with Gasteiger partial charge in [-0.15, -0.1) is 0 Å². The highest BCUT2D eigenvalue weighted by Crippen LogP contribution is 2.35. The molecule has 0 aromatic heterocycles. The predicted octanol–water partition coefficient (Wildman–Crippen LogP) is 5.70. The van der Waals surface area contributed by atoms with Gasteiger partial charge in [0.1, 0.15) is 18.3 Å². The van der Waals surface area contributed by atoms with E-state index in [1.807, 2.05) is 20.8 Å². The van der Waals surface area contributed by atoms with Crippen molar-refractivity contribution in [1.82, 2.24) is 10.2 Å². The summed E-state index contributed by atoms with van der Waals surface area (Å²) in [6.45, 7) is 7.27. The lowest BCUT2D eigenvalue weighted by Crippen LogP contribution is -2.51. The van der Waals surface area contributed by atoms with Gasteiger partial charge in [0.15, 0.2) is 0 Å². The van der Waals surface area contributed by atoms with Crippen molar-refractivity contribution in [2.75, 3.05) is 24.5 Å². The SMILES string of the molecule is COc1ccc(Cl)cc1N(CC(=O)N(Cc1ccc(Cl)cc1)[C@@H](C)C(=O)NCC(C)C)S(=O)(=O)c1ccc(C)cc1. The Balaban J connectivity index is 2.08. The van der Waals surface area contributed by atoms with Gasteiger partial charge in [-0.25, -0.2) is 8.42 Å². The molecular weight excluding hydrogens is 585 g/mol. The van der Waals surface area contributed by atoms with E-state index in [1.165, 1.54) is 36.3 Å². The van der Waals surface area contributed by atoms with Crippen LogP contribution in [-0.4, -0.2) is 51.4 Å². The van der Waals surface area contributed by atoms with Crippen LogP contribution in [0.25, 0.3) is 0 Å². The second-order valence-electron chi connectivity index (χ2n) is 10.1. The molecule has 3 aromatic carbocycles. The van der Waals surface area contributed by atoms with Crippen LogP contribution in [0.4, 0.5) is 5.69 Å². The first-order valence-electron chi connectivity index (χ1n) is 13.1. The number of hydrogen-bond donors (Lipinski definition) is 1. The number of amides is 2. The van der Waals surface area contributed by atoms with Gasteiger partial charge in [-0.3, -0.25) is 13.9 Å². The Kier molecular flexibility index (Phi) is 11.1. The van der Waals surface area contributed by atoms with Crippen LogP contribution in [0.15, 0.2) is 71.6 Å². The molecule has 0 heterocycles. The van der Waals surface area contributed by atoms with Crippen molar-refractivity contribution in [3.05, 3.63) is 87.9 Å². The monoisotopic (exact) mass is 619 g/mol. The Morgan fingerprint density at radius 2 is 1.54 bits per heavy atom. The molecule has 0 aliphatic rings. The number of aryl methyl sites for hydroxylation is 1. The highest BCUT2D eigenvalue weighted by atomic mass is 35.5. The topological polar surface area (TPSA) is 96.0 Å². The van der Waals surface area contributed by atoms with Gasteiger partial charge in [-0.1, -0.05) is 66.9 Å². The molecule has 220 valence electrons. The van der Waals surface area contributed by atoms with E-state index in [4.69, 9.17) is 27.9 Å². The summed E-state index contributed by atoms with van der Waals surface area (Å²) in [5.41, 5.74) is 1.69. The lowest BCUT2D eigenvalue weighted by Gasteiger charge is -2.32. The smallest absolute Gasteiger partial charge is 0.264 e. The van der Waals surface area contributed by atoms with E-state index in [9.17, 15) is 18.0 Å². The molecule has 0 bridgehead atoms. The van der Waals surface area contributed by atoms with Gasteiger partial charge in [0.05, 0.1) is 17.7 Å². The lowest BCUT2D eigenvalue weighted by molar-refractivity contribution is -0.139. The van der Waals surface area contributed by atoms with E-state index in [-0.39, 0.29) is 39.7 Å². The quantitative estimate of drug-likeness (QED) is 0.281. The molecule has 0 fully saturated rings. The molecule has 0 unspecified atom stereocenters. The Morgan fingerprint density at radius 1 is 0.927 bits per heavy atom. The van der Waals surface area contributed by atoms with Gasteiger partial charge >= 0.3 is 0 Å². The van der Waals surface area contributed by atoms with Gasteiger partial charge < -0.3 is 15.0 Å². The summed E-state index contributed by atoms with van der Waals surface area (Å²) < 4.78 is 34.5. The highest BCUT2D eigenvalue weighted by molar-refractivity contribution is 7.92. The second-order valence-corrected chi connectivity index (χ2v) is 12.8. The van der Waals surface area contributed by atoms with E-state index in [0.29, 0.717) is 11.6 Å². The standard InChI is InChI=1S/C30H35Cl2N3O5S/c1-20(2)17-33-30(37)22(4)34(18-23-8-10-24(31)11-9-23)29(36)19-35(27-16-25(32)12-15-28(27)40-5)41(38,39)26-13-6-21(3)7-14-26/h6-16,20,22H,17-19H2,1-5H3,(H,33,37)/t22-/m0/s1. The number of methoxy groups -OCH3 is 1. The maximum atomic E-state index is 14.0. The van der Waals surface area contributed by atoms with Crippen LogP contribution in [0.5, 0.6) is 5.75 Å². The molecule has 0 aliphatic heterocycles. The normalized spacial score (nSPS) is 12.1. The van der Waals surface area contributed by atoms with Crippen molar-refractivity contribution < 1.29 is 22.7 Å². The Bertz CT molecular complexity index is 1460. The zero-order valence-electron chi connectivity index (χ0n) is 23.7. The number of hydrogen-bond acceptors (Lipinski definition) is 5. The maximum Gasteiger partial charge on any atom is 0.264 e. The summed E-state index contributed by atoms with van der Waals surface area (Å²) >= 11 is 12.3. The van der Waals surface area contributed by atoms with Crippen LogP contribution in [0, 0.1) is 12.8 Å². The number of carbonyl (C=O) groups is 2. The number of rotatable bonds is 12. The number of nitrogens with zero attached hydrogens (tertiary/aromatic N) is 2. The van der Waals surface area contributed by atoms with Crippen molar-refractivity contribution in [3.63, 3.8) is 0 Å². The van der Waals surface area contributed by atoms with Gasteiger partial charge in [0.25, 0.3) is 10.0 Å². The summed E-state index contributed by atoms with van der Waals surface area (Å²) in [6, 6.07) is 16.8. The first kappa shape index (κ1) is 32.2. The lowest BCUT2D eigenvalue weighted by atomic mass is 10.1.